The van der Waals surface area contributed by atoms with Crippen LogP contribution in [0.25, 0.3) is 0 Å². The average molecular weight is 376 g/mol. The van der Waals surface area contributed by atoms with Crippen molar-refractivity contribution in [3.05, 3.63) is 57.0 Å². The third-order valence-corrected chi connectivity index (χ3v) is 2.98. The van der Waals surface area contributed by atoms with Crippen LogP contribution in [0, 0.1) is 15.9 Å². The zero-order valence-electron chi connectivity index (χ0n) is 12.2. The molecule has 1 heterocycles. The lowest BCUT2D eigenvalue weighted by molar-refractivity contribution is -0.385. The predicted octanol–water partition coefficient (Wildman–Crippen LogP) is 3.68. The monoisotopic (exact) mass is 375 g/mol. The molecule has 0 saturated heterocycles. The van der Waals surface area contributed by atoms with Gasteiger partial charge in [0.1, 0.15) is 17.6 Å². The highest BCUT2D eigenvalue weighted by molar-refractivity contribution is 6.31. The lowest BCUT2D eigenvalue weighted by Crippen LogP contribution is -2.17. The summed E-state index contributed by atoms with van der Waals surface area (Å²) in [6.45, 7) is -1.06. The molecule has 0 atom stereocenters. The van der Waals surface area contributed by atoms with E-state index in [1.54, 1.807) is 0 Å². The Morgan fingerprint density at radius 2 is 2.08 bits per heavy atom. The van der Waals surface area contributed by atoms with Gasteiger partial charge in [0.2, 0.25) is 5.88 Å². The van der Waals surface area contributed by atoms with Gasteiger partial charge in [0.25, 0.3) is 18.0 Å². The van der Waals surface area contributed by atoms with Gasteiger partial charge in [-0.3, -0.25) is 14.9 Å². The minimum Gasteiger partial charge on any atom is -0.471 e. The number of carbonyl (C=O) groups excluding carboxylic acids is 1. The zero-order chi connectivity index (χ0) is 18.6. The van der Waals surface area contributed by atoms with Crippen LogP contribution in [0.5, 0.6) is 5.88 Å². The zero-order valence-corrected chi connectivity index (χ0v) is 13.0. The SMILES string of the molecule is O=C(Nc1cc(F)cc(Cl)c1)c1cc([N+](=O)[O-])cnc1OCC(F)F. The second-order valence-electron chi connectivity index (χ2n) is 4.62. The molecule has 2 rings (SSSR count). The number of hydrogen-bond acceptors (Lipinski definition) is 5. The Kier molecular flexibility index (Phi) is 5.75. The summed E-state index contributed by atoms with van der Waals surface area (Å²) in [7, 11) is 0. The summed E-state index contributed by atoms with van der Waals surface area (Å²) in [5.74, 6) is -2.22. The average Bonchev–Trinajstić information content (AvgIpc) is 2.51. The smallest absolute Gasteiger partial charge is 0.288 e. The number of halogens is 4. The van der Waals surface area contributed by atoms with E-state index in [1.807, 2.05) is 0 Å². The van der Waals surface area contributed by atoms with Crippen molar-refractivity contribution in [1.29, 1.82) is 0 Å². The van der Waals surface area contributed by atoms with Gasteiger partial charge in [-0.25, -0.2) is 18.2 Å². The van der Waals surface area contributed by atoms with E-state index < -0.39 is 46.8 Å². The molecule has 0 unspecified atom stereocenters. The standard InChI is InChI=1S/C14H9ClF3N3O4/c15-7-1-8(16)3-9(2-7)20-13(22)11-4-10(21(23)24)5-19-14(11)25-6-12(17)18/h1-5,12H,6H2,(H,20,22). The van der Waals surface area contributed by atoms with Crippen LogP contribution in [0.3, 0.4) is 0 Å². The maximum absolute atomic E-state index is 13.3. The summed E-state index contributed by atoms with van der Waals surface area (Å²) in [4.78, 5) is 25.8. The molecule has 0 aliphatic carbocycles. The van der Waals surface area contributed by atoms with Crippen LogP contribution in [-0.4, -0.2) is 28.8 Å². The number of nitro groups is 1. The quantitative estimate of drug-likeness (QED) is 0.614. The molecule has 1 aromatic heterocycles. The van der Waals surface area contributed by atoms with Gasteiger partial charge in [0.15, 0.2) is 6.61 Å². The largest absolute Gasteiger partial charge is 0.471 e. The van der Waals surface area contributed by atoms with Gasteiger partial charge in [0, 0.05) is 16.8 Å². The minimum atomic E-state index is -2.84. The summed E-state index contributed by atoms with van der Waals surface area (Å²) >= 11 is 5.66. The summed E-state index contributed by atoms with van der Waals surface area (Å²) in [6, 6.07) is 3.99. The van der Waals surface area contributed by atoms with E-state index in [2.05, 4.69) is 10.3 Å². The second-order valence-corrected chi connectivity index (χ2v) is 5.05. The molecule has 0 spiro atoms. The molecule has 0 radical (unpaired) electrons. The number of anilines is 1. The van der Waals surface area contributed by atoms with Gasteiger partial charge in [0.05, 0.1) is 4.92 Å². The molecule has 25 heavy (non-hydrogen) atoms. The second kappa shape index (κ2) is 7.79. The fraction of sp³-hybridized carbons (Fsp3) is 0.143. The normalized spacial score (nSPS) is 10.6. The molecule has 1 N–H and O–H groups in total. The van der Waals surface area contributed by atoms with E-state index in [1.165, 1.54) is 6.07 Å². The van der Waals surface area contributed by atoms with Crippen LogP contribution in [0.4, 0.5) is 24.5 Å². The summed E-state index contributed by atoms with van der Waals surface area (Å²) in [5, 5.41) is 13.0. The molecule has 0 fully saturated rings. The summed E-state index contributed by atoms with van der Waals surface area (Å²) in [6.07, 6.45) is -2.08. The molecule has 2 aromatic rings. The number of nitrogens with one attached hydrogen (secondary N) is 1. The Hall–Kier alpha value is -2.88. The van der Waals surface area contributed by atoms with Gasteiger partial charge in [-0.2, -0.15) is 0 Å². The van der Waals surface area contributed by atoms with Crippen molar-refractivity contribution in [3.63, 3.8) is 0 Å². The first-order valence-electron chi connectivity index (χ1n) is 6.59. The Morgan fingerprint density at radius 3 is 2.68 bits per heavy atom. The van der Waals surface area contributed by atoms with Crippen LogP contribution in [0.15, 0.2) is 30.5 Å². The Balaban J connectivity index is 2.34. The first-order valence-corrected chi connectivity index (χ1v) is 6.97. The molecular formula is C14H9ClF3N3O4. The van der Waals surface area contributed by atoms with Crippen molar-refractivity contribution in [2.75, 3.05) is 11.9 Å². The highest BCUT2D eigenvalue weighted by Crippen LogP contribution is 2.24. The number of aromatic nitrogens is 1. The number of amides is 1. The number of ether oxygens (including phenoxy) is 1. The van der Waals surface area contributed by atoms with Crippen molar-refractivity contribution in [2.24, 2.45) is 0 Å². The van der Waals surface area contributed by atoms with Crippen LogP contribution in [-0.2, 0) is 0 Å². The Morgan fingerprint density at radius 1 is 1.36 bits per heavy atom. The van der Waals surface area contributed by atoms with E-state index in [9.17, 15) is 28.1 Å². The maximum Gasteiger partial charge on any atom is 0.288 e. The lowest BCUT2D eigenvalue weighted by Gasteiger charge is -2.10. The fourth-order valence-electron chi connectivity index (χ4n) is 1.79. The van der Waals surface area contributed by atoms with Gasteiger partial charge in [-0.15, -0.1) is 0 Å². The highest BCUT2D eigenvalue weighted by Gasteiger charge is 2.21. The number of nitrogens with zero attached hydrogens (tertiary/aromatic N) is 2. The minimum absolute atomic E-state index is 0.00152. The van der Waals surface area contributed by atoms with Crippen LogP contribution < -0.4 is 10.1 Å². The Bertz CT molecular complexity index is 800. The molecule has 0 aliphatic rings. The van der Waals surface area contributed by atoms with Crippen molar-refractivity contribution in [1.82, 2.24) is 4.98 Å². The molecule has 0 saturated carbocycles. The van der Waals surface area contributed by atoms with Gasteiger partial charge >= 0.3 is 0 Å². The Labute approximate surface area is 143 Å². The van der Waals surface area contributed by atoms with Crippen LogP contribution in [0.1, 0.15) is 10.4 Å². The summed E-state index contributed by atoms with van der Waals surface area (Å²) < 4.78 is 42.5. The van der Waals surface area contributed by atoms with Gasteiger partial charge < -0.3 is 10.1 Å². The van der Waals surface area contributed by atoms with Crippen LogP contribution >= 0.6 is 11.6 Å². The number of rotatable bonds is 6. The molecule has 7 nitrogen and oxygen atoms in total. The molecule has 132 valence electrons. The van der Waals surface area contributed by atoms with Gasteiger partial charge in [-0.1, -0.05) is 11.6 Å². The number of hydrogen-bond donors (Lipinski definition) is 1. The first kappa shape index (κ1) is 18.5. The third kappa shape index (κ3) is 5.05. The lowest BCUT2D eigenvalue weighted by atomic mass is 10.2. The number of benzene rings is 1. The van der Waals surface area contributed by atoms with Crippen LogP contribution in [0.2, 0.25) is 5.02 Å². The van der Waals surface area contributed by atoms with E-state index in [4.69, 9.17) is 16.3 Å². The van der Waals surface area contributed by atoms with Crippen molar-refractivity contribution >= 4 is 28.9 Å². The van der Waals surface area contributed by atoms with Crippen molar-refractivity contribution in [3.8, 4) is 5.88 Å². The topological polar surface area (TPSA) is 94.4 Å². The molecule has 0 bridgehead atoms. The highest BCUT2D eigenvalue weighted by atomic mass is 35.5. The molecule has 1 amide bonds. The first-order chi connectivity index (χ1) is 11.8. The van der Waals surface area contributed by atoms with E-state index >= 15 is 0 Å². The van der Waals surface area contributed by atoms with Crippen molar-refractivity contribution in [2.45, 2.75) is 6.43 Å². The van der Waals surface area contributed by atoms with E-state index in [-0.39, 0.29) is 10.7 Å². The number of alkyl halides is 2. The third-order valence-electron chi connectivity index (χ3n) is 2.76. The summed E-state index contributed by atoms with van der Waals surface area (Å²) in [5.41, 5.74) is -1.05. The van der Waals surface area contributed by atoms with Crippen molar-refractivity contribution < 1.29 is 27.6 Å². The number of carbonyl (C=O) groups is 1. The molecule has 0 aliphatic heterocycles. The fourth-order valence-corrected chi connectivity index (χ4v) is 2.01. The van der Waals surface area contributed by atoms with E-state index in [0.29, 0.717) is 0 Å². The predicted molar refractivity (Wildman–Crippen MR) is 81.8 cm³/mol. The maximum atomic E-state index is 13.3. The number of pyridine rings is 1. The molecular weight excluding hydrogens is 367 g/mol. The molecule has 11 heteroatoms. The van der Waals surface area contributed by atoms with E-state index in [0.717, 1.165) is 24.4 Å². The van der Waals surface area contributed by atoms with Gasteiger partial charge in [-0.05, 0) is 18.2 Å². The molecule has 1 aromatic carbocycles.